The molecule has 30 heavy (non-hydrogen) atoms. The first kappa shape index (κ1) is 19.2. The van der Waals surface area contributed by atoms with Gasteiger partial charge in [-0.1, -0.05) is 12.1 Å². The van der Waals surface area contributed by atoms with E-state index in [2.05, 4.69) is 20.3 Å². The second kappa shape index (κ2) is 8.11. The lowest BCUT2D eigenvalue weighted by atomic mass is 10.1. The summed E-state index contributed by atoms with van der Waals surface area (Å²) in [4.78, 5) is 12.5. The normalized spacial score (nSPS) is 10.9. The Morgan fingerprint density at radius 1 is 1.03 bits per heavy atom. The molecule has 7 nitrogen and oxygen atoms in total. The molecule has 0 saturated carbocycles. The van der Waals surface area contributed by atoms with Crippen LogP contribution in [0.5, 0.6) is 5.75 Å². The molecule has 2 aromatic heterocycles. The fourth-order valence-electron chi connectivity index (χ4n) is 2.64. The number of para-hydroxylation sites is 1. The maximum atomic E-state index is 14.3. The van der Waals surface area contributed by atoms with Gasteiger partial charge in [-0.2, -0.15) is 8.78 Å². The molecule has 4 aromatic rings. The van der Waals surface area contributed by atoms with Crippen LogP contribution in [0.25, 0.3) is 23.1 Å². The Kier molecular flexibility index (Phi) is 5.21. The number of benzene rings is 2. The van der Waals surface area contributed by atoms with Crippen molar-refractivity contribution >= 4 is 11.6 Å². The molecule has 0 unspecified atom stereocenters. The minimum Gasteiger partial charge on any atom is -0.459 e. The van der Waals surface area contributed by atoms with Gasteiger partial charge >= 0.3 is 6.61 Å². The third kappa shape index (κ3) is 4.02. The van der Waals surface area contributed by atoms with Crippen LogP contribution in [0.15, 0.2) is 69.7 Å². The molecule has 0 radical (unpaired) electrons. The molecule has 0 fully saturated rings. The number of ether oxygens (including phenoxy) is 1. The molecule has 0 atom stereocenters. The summed E-state index contributed by atoms with van der Waals surface area (Å²) in [7, 11) is 0. The zero-order valence-electron chi connectivity index (χ0n) is 15.0. The summed E-state index contributed by atoms with van der Waals surface area (Å²) in [6.45, 7) is -3.11. The lowest BCUT2D eigenvalue weighted by molar-refractivity contribution is -0.0501. The largest absolute Gasteiger partial charge is 0.459 e. The minimum absolute atomic E-state index is 0.0679. The molecule has 1 amide bonds. The lowest BCUT2D eigenvalue weighted by Gasteiger charge is -2.11. The Morgan fingerprint density at radius 3 is 2.60 bits per heavy atom. The van der Waals surface area contributed by atoms with E-state index >= 15 is 0 Å². The second-order valence-electron chi connectivity index (χ2n) is 5.91. The van der Waals surface area contributed by atoms with E-state index in [1.165, 1.54) is 42.7 Å². The number of rotatable bonds is 6. The average Bonchev–Trinajstić information content (AvgIpc) is 3.41. The van der Waals surface area contributed by atoms with Crippen LogP contribution in [0.2, 0.25) is 0 Å². The van der Waals surface area contributed by atoms with Crippen LogP contribution in [0.3, 0.4) is 0 Å². The molecule has 0 aliphatic heterocycles. The van der Waals surface area contributed by atoms with Crippen molar-refractivity contribution in [2.24, 2.45) is 0 Å². The van der Waals surface area contributed by atoms with E-state index in [0.717, 1.165) is 6.07 Å². The smallest absolute Gasteiger partial charge is 0.387 e. The van der Waals surface area contributed by atoms with Gasteiger partial charge in [-0.15, -0.1) is 10.2 Å². The van der Waals surface area contributed by atoms with Gasteiger partial charge in [0.25, 0.3) is 11.8 Å². The van der Waals surface area contributed by atoms with Crippen LogP contribution in [-0.4, -0.2) is 22.7 Å². The first-order valence-electron chi connectivity index (χ1n) is 8.54. The highest BCUT2D eigenvalue weighted by Gasteiger charge is 2.18. The predicted molar refractivity (Wildman–Crippen MR) is 98.4 cm³/mol. The molecule has 4 rings (SSSR count). The highest BCUT2D eigenvalue weighted by Crippen LogP contribution is 2.28. The third-order valence-corrected chi connectivity index (χ3v) is 3.97. The maximum Gasteiger partial charge on any atom is 0.387 e. The van der Waals surface area contributed by atoms with Gasteiger partial charge in [0.1, 0.15) is 11.6 Å². The van der Waals surface area contributed by atoms with Gasteiger partial charge in [-0.05, 0) is 42.5 Å². The number of carbonyl (C=O) groups is 1. The third-order valence-electron chi connectivity index (χ3n) is 3.97. The average molecular weight is 415 g/mol. The van der Waals surface area contributed by atoms with E-state index in [4.69, 9.17) is 8.83 Å². The molecule has 0 spiro atoms. The topological polar surface area (TPSA) is 90.4 Å². The first-order valence-corrected chi connectivity index (χ1v) is 8.54. The van der Waals surface area contributed by atoms with Crippen LogP contribution in [0.4, 0.5) is 18.9 Å². The minimum atomic E-state index is -3.11. The van der Waals surface area contributed by atoms with Crippen LogP contribution in [0, 0.1) is 5.82 Å². The highest BCUT2D eigenvalue weighted by molar-refractivity contribution is 6.06. The molecule has 0 aliphatic carbocycles. The van der Waals surface area contributed by atoms with Gasteiger partial charge < -0.3 is 18.9 Å². The first-order chi connectivity index (χ1) is 14.5. The Bertz CT molecular complexity index is 1180. The van der Waals surface area contributed by atoms with Gasteiger partial charge in [-0.25, -0.2) is 4.39 Å². The summed E-state index contributed by atoms with van der Waals surface area (Å²) in [5, 5.41) is 10.1. The lowest BCUT2D eigenvalue weighted by Crippen LogP contribution is -2.15. The Hall–Kier alpha value is -4.08. The molecule has 0 saturated heterocycles. The van der Waals surface area contributed by atoms with Crippen LogP contribution >= 0.6 is 0 Å². The molecule has 152 valence electrons. The van der Waals surface area contributed by atoms with Gasteiger partial charge in [0.15, 0.2) is 5.76 Å². The number of alkyl halides is 2. The molecule has 1 N–H and O–H groups in total. The van der Waals surface area contributed by atoms with E-state index in [0.29, 0.717) is 11.3 Å². The Balaban J connectivity index is 1.60. The van der Waals surface area contributed by atoms with Crippen molar-refractivity contribution in [1.29, 1.82) is 0 Å². The quantitative estimate of drug-likeness (QED) is 0.477. The number of hydrogen-bond acceptors (Lipinski definition) is 6. The SMILES string of the molecule is O=C(Nc1cc(-c2nnc(-c3ccco3)o2)ccc1F)c1ccccc1OC(F)F. The van der Waals surface area contributed by atoms with Crippen LogP contribution < -0.4 is 10.1 Å². The van der Waals surface area contributed by atoms with E-state index in [1.807, 2.05) is 0 Å². The molecular formula is C20H12F3N3O4. The fraction of sp³-hybridized carbons (Fsp3) is 0.0500. The zero-order chi connectivity index (χ0) is 21.1. The summed E-state index contributed by atoms with van der Waals surface area (Å²) in [6, 6.07) is 12.4. The van der Waals surface area contributed by atoms with Gasteiger partial charge in [0, 0.05) is 5.56 Å². The van der Waals surface area contributed by atoms with Crippen molar-refractivity contribution < 1.29 is 31.5 Å². The number of anilines is 1. The van der Waals surface area contributed by atoms with Gasteiger partial charge in [0.05, 0.1) is 17.5 Å². The van der Waals surface area contributed by atoms with E-state index in [9.17, 15) is 18.0 Å². The summed E-state index contributed by atoms with van der Waals surface area (Å²) >= 11 is 0. The number of nitrogens with zero attached hydrogens (tertiary/aromatic N) is 2. The number of carbonyl (C=O) groups excluding carboxylic acids is 1. The standard InChI is InChI=1S/C20H12F3N3O4/c21-13-8-7-11(18-25-26-19(30-18)16-6-3-9-28-16)10-14(13)24-17(27)12-4-1-2-5-15(12)29-20(22)23/h1-10,20H,(H,24,27). The summed E-state index contributed by atoms with van der Waals surface area (Å²) in [5.74, 6) is -1.35. The van der Waals surface area contributed by atoms with Crippen molar-refractivity contribution in [2.75, 3.05) is 5.32 Å². The van der Waals surface area contributed by atoms with Crippen molar-refractivity contribution in [3.05, 3.63) is 72.2 Å². The Labute approximate surface area is 167 Å². The van der Waals surface area contributed by atoms with Crippen molar-refractivity contribution in [2.45, 2.75) is 6.61 Å². The molecule has 10 heteroatoms. The molecule has 2 heterocycles. The number of halogens is 3. The van der Waals surface area contributed by atoms with Gasteiger partial charge in [-0.3, -0.25) is 4.79 Å². The maximum absolute atomic E-state index is 14.3. The van der Waals surface area contributed by atoms with Crippen LogP contribution in [-0.2, 0) is 0 Å². The van der Waals surface area contributed by atoms with Crippen LogP contribution in [0.1, 0.15) is 10.4 Å². The Morgan fingerprint density at radius 2 is 1.83 bits per heavy atom. The molecule has 0 bridgehead atoms. The summed E-state index contributed by atoms with van der Waals surface area (Å²) in [6.07, 6.45) is 1.44. The number of nitrogens with one attached hydrogen (secondary N) is 1. The number of furan rings is 1. The number of hydrogen-bond donors (Lipinski definition) is 1. The van der Waals surface area contributed by atoms with Crippen molar-refractivity contribution in [3.8, 4) is 28.9 Å². The van der Waals surface area contributed by atoms with Crippen molar-refractivity contribution in [1.82, 2.24) is 10.2 Å². The van der Waals surface area contributed by atoms with E-state index < -0.39 is 18.3 Å². The molecule has 2 aromatic carbocycles. The van der Waals surface area contributed by atoms with E-state index in [-0.39, 0.29) is 28.8 Å². The number of amides is 1. The highest BCUT2D eigenvalue weighted by atomic mass is 19.3. The summed E-state index contributed by atoms with van der Waals surface area (Å²) < 4.78 is 54.4. The predicted octanol–water partition coefficient (Wildman–Crippen LogP) is 4.99. The molecular weight excluding hydrogens is 403 g/mol. The zero-order valence-corrected chi connectivity index (χ0v) is 15.0. The fourth-order valence-corrected chi connectivity index (χ4v) is 2.64. The molecule has 0 aliphatic rings. The second-order valence-corrected chi connectivity index (χ2v) is 5.91. The summed E-state index contributed by atoms with van der Waals surface area (Å²) in [5.41, 5.74) is -0.0586. The van der Waals surface area contributed by atoms with E-state index in [1.54, 1.807) is 12.1 Å². The number of aromatic nitrogens is 2. The monoisotopic (exact) mass is 415 g/mol. The van der Waals surface area contributed by atoms with Crippen molar-refractivity contribution in [3.63, 3.8) is 0 Å². The van der Waals surface area contributed by atoms with Gasteiger partial charge in [0.2, 0.25) is 5.89 Å².